The number of amides is 2. The molecule has 0 saturated carbocycles. The fourth-order valence-electron chi connectivity index (χ4n) is 2.59. The average Bonchev–Trinajstić information content (AvgIpc) is 2.66. The molecule has 2 amide bonds. The number of carbonyl (C=O) groups excluding carboxylic acids is 2. The fourth-order valence-corrected chi connectivity index (χ4v) is 2.81. The van der Waals surface area contributed by atoms with E-state index in [0.29, 0.717) is 16.2 Å². The third-order valence-corrected chi connectivity index (χ3v) is 4.19. The molecule has 0 aromatic heterocycles. The predicted octanol–water partition coefficient (Wildman–Crippen LogP) is 3.35. The molecule has 0 spiro atoms. The van der Waals surface area contributed by atoms with Gasteiger partial charge in [-0.05, 0) is 42.1 Å². The molecular weight excluding hydrogens is 368 g/mol. The van der Waals surface area contributed by atoms with Crippen molar-refractivity contribution in [2.24, 2.45) is 0 Å². The molecule has 0 heterocycles. The molecule has 3 aromatic carbocycles. The zero-order chi connectivity index (χ0) is 19.4. The summed E-state index contributed by atoms with van der Waals surface area (Å²) in [5.41, 5.74) is 5.37. The molecule has 138 valence electrons. The molecule has 0 atom stereocenters. The predicted molar refractivity (Wildman–Crippen MR) is 103 cm³/mol. The quantitative estimate of drug-likeness (QED) is 0.602. The highest BCUT2D eigenvalue weighted by molar-refractivity contribution is 6.30. The number of phenols is 1. The van der Waals surface area contributed by atoms with Crippen molar-refractivity contribution in [1.82, 2.24) is 10.9 Å². The van der Waals surface area contributed by atoms with Crippen LogP contribution in [0.3, 0.4) is 0 Å². The van der Waals surface area contributed by atoms with E-state index in [1.165, 1.54) is 6.07 Å². The maximum absolute atomic E-state index is 12.2. The van der Waals surface area contributed by atoms with Gasteiger partial charge in [0.25, 0.3) is 11.8 Å². The third-order valence-electron chi connectivity index (χ3n) is 3.96. The van der Waals surface area contributed by atoms with E-state index in [-0.39, 0.29) is 17.9 Å². The van der Waals surface area contributed by atoms with Crippen molar-refractivity contribution in [2.75, 3.05) is 6.61 Å². The number of nitrogens with one attached hydrogen (secondary N) is 2. The highest BCUT2D eigenvalue weighted by atomic mass is 35.5. The van der Waals surface area contributed by atoms with Crippen LogP contribution in [0.2, 0.25) is 5.02 Å². The fraction of sp³-hybridized carbons (Fsp3) is 0.100. The molecular formula is C20H17ClN2O4. The summed E-state index contributed by atoms with van der Waals surface area (Å²) in [6, 6.07) is 15.4. The van der Waals surface area contributed by atoms with Gasteiger partial charge < -0.3 is 9.84 Å². The number of hydrogen-bond donors (Lipinski definition) is 3. The number of aryl methyl sites for hydroxylation is 1. The first-order chi connectivity index (χ1) is 13.0. The van der Waals surface area contributed by atoms with Crippen LogP contribution in [0, 0.1) is 6.92 Å². The number of benzene rings is 3. The lowest BCUT2D eigenvalue weighted by Gasteiger charge is -2.11. The van der Waals surface area contributed by atoms with E-state index in [4.69, 9.17) is 16.3 Å². The number of aromatic hydroxyl groups is 1. The summed E-state index contributed by atoms with van der Waals surface area (Å²) < 4.78 is 5.40. The maximum Gasteiger partial charge on any atom is 0.276 e. The molecule has 0 aliphatic carbocycles. The Morgan fingerprint density at radius 2 is 1.85 bits per heavy atom. The molecule has 0 radical (unpaired) electrons. The van der Waals surface area contributed by atoms with Gasteiger partial charge in [-0.25, -0.2) is 0 Å². The van der Waals surface area contributed by atoms with Crippen molar-refractivity contribution < 1.29 is 19.4 Å². The van der Waals surface area contributed by atoms with Gasteiger partial charge in [-0.2, -0.15) is 0 Å². The number of carbonyl (C=O) groups is 2. The molecule has 0 bridgehead atoms. The Balaban J connectivity index is 1.59. The Kier molecular flexibility index (Phi) is 5.47. The number of hydrazine groups is 1. The van der Waals surface area contributed by atoms with E-state index in [1.807, 2.05) is 19.1 Å². The molecule has 3 N–H and O–H groups in total. The molecule has 7 heteroatoms. The lowest BCUT2D eigenvalue weighted by Crippen LogP contribution is -2.43. The molecule has 3 rings (SSSR count). The van der Waals surface area contributed by atoms with Crippen LogP contribution in [-0.4, -0.2) is 23.5 Å². The van der Waals surface area contributed by atoms with Crippen molar-refractivity contribution in [1.29, 1.82) is 0 Å². The summed E-state index contributed by atoms with van der Waals surface area (Å²) in [6.07, 6.45) is 0. The molecule has 3 aromatic rings. The minimum atomic E-state index is -0.630. The van der Waals surface area contributed by atoms with Crippen molar-refractivity contribution in [3.63, 3.8) is 0 Å². The molecule has 0 unspecified atom stereocenters. The normalized spacial score (nSPS) is 10.4. The Morgan fingerprint density at radius 3 is 2.63 bits per heavy atom. The van der Waals surface area contributed by atoms with Crippen LogP contribution in [0.5, 0.6) is 11.5 Å². The zero-order valence-corrected chi connectivity index (χ0v) is 15.2. The van der Waals surface area contributed by atoms with Crippen molar-refractivity contribution in [2.45, 2.75) is 6.92 Å². The summed E-state index contributed by atoms with van der Waals surface area (Å²) in [6.45, 7) is 1.52. The first-order valence-corrected chi connectivity index (χ1v) is 8.52. The van der Waals surface area contributed by atoms with Crippen molar-refractivity contribution in [3.05, 3.63) is 70.7 Å². The topological polar surface area (TPSA) is 87.7 Å². The van der Waals surface area contributed by atoms with Crippen LogP contribution >= 0.6 is 11.6 Å². The Bertz CT molecular complexity index is 1020. The van der Waals surface area contributed by atoms with E-state index in [2.05, 4.69) is 10.9 Å². The van der Waals surface area contributed by atoms with E-state index in [1.54, 1.807) is 36.4 Å². The van der Waals surface area contributed by atoms with Gasteiger partial charge >= 0.3 is 0 Å². The second-order valence-corrected chi connectivity index (χ2v) is 6.32. The molecule has 0 fully saturated rings. The smallest absolute Gasteiger partial charge is 0.276 e. The van der Waals surface area contributed by atoms with E-state index in [9.17, 15) is 14.7 Å². The van der Waals surface area contributed by atoms with Gasteiger partial charge in [-0.1, -0.05) is 41.9 Å². The number of fused-ring (bicyclic) bond motifs is 1. The highest BCUT2D eigenvalue weighted by Crippen LogP contribution is 2.28. The minimum absolute atomic E-state index is 0.0588. The van der Waals surface area contributed by atoms with Gasteiger partial charge in [0.15, 0.2) is 6.61 Å². The van der Waals surface area contributed by atoms with Gasteiger partial charge in [0, 0.05) is 10.4 Å². The summed E-state index contributed by atoms with van der Waals surface area (Å²) in [4.78, 5) is 24.1. The second kappa shape index (κ2) is 7.97. The second-order valence-electron chi connectivity index (χ2n) is 5.88. The summed E-state index contributed by atoms with van der Waals surface area (Å²) in [5.74, 6) is -0.798. The summed E-state index contributed by atoms with van der Waals surface area (Å²) >= 11 is 5.87. The number of ether oxygens (including phenoxy) is 1. The van der Waals surface area contributed by atoms with E-state index < -0.39 is 11.8 Å². The Hall–Kier alpha value is -3.25. The number of hydrogen-bond acceptors (Lipinski definition) is 4. The molecule has 0 aliphatic heterocycles. The van der Waals surface area contributed by atoms with Gasteiger partial charge in [0.1, 0.15) is 11.5 Å². The molecule has 0 aliphatic rings. The Morgan fingerprint density at radius 1 is 1.07 bits per heavy atom. The largest absolute Gasteiger partial charge is 0.506 e. The first-order valence-electron chi connectivity index (χ1n) is 8.14. The Labute approximate surface area is 160 Å². The highest BCUT2D eigenvalue weighted by Gasteiger charge is 2.14. The third kappa shape index (κ3) is 4.30. The maximum atomic E-state index is 12.2. The van der Waals surface area contributed by atoms with Gasteiger partial charge in [0.2, 0.25) is 0 Å². The van der Waals surface area contributed by atoms with Crippen molar-refractivity contribution in [3.8, 4) is 11.5 Å². The van der Waals surface area contributed by atoms with Crippen LogP contribution in [0.25, 0.3) is 10.8 Å². The minimum Gasteiger partial charge on any atom is -0.506 e. The zero-order valence-electron chi connectivity index (χ0n) is 14.5. The molecule has 0 saturated heterocycles. The van der Waals surface area contributed by atoms with E-state index >= 15 is 0 Å². The number of rotatable bonds is 4. The van der Waals surface area contributed by atoms with E-state index in [0.717, 1.165) is 10.9 Å². The summed E-state index contributed by atoms with van der Waals surface area (Å²) in [5, 5.41) is 12.2. The monoisotopic (exact) mass is 384 g/mol. The number of phenolic OH excluding ortho intramolecular Hbond substituents is 1. The van der Waals surface area contributed by atoms with Crippen LogP contribution < -0.4 is 15.6 Å². The van der Waals surface area contributed by atoms with Crippen LogP contribution in [0.1, 0.15) is 15.9 Å². The molecule has 27 heavy (non-hydrogen) atoms. The first kappa shape index (κ1) is 18.5. The lowest BCUT2D eigenvalue weighted by molar-refractivity contribution is -0.123. The van der Waals surface area contributed by atoms with Gasteiger partial charge in [0.05, 0.1) is 5.56 Å². The molecule has 6 nitrogen and oxygen atoms in total. The van der Waals surface area contributed by atoms with Crippen LogP contribution in [0.4, 0.5) is 0 Å². The standard InChI is InChI=1S/C20H17ClN2O4/c1-12-10-14(21)7-9-17(12)27-11-18(24)22-23-20(26)16-8-6-13-4-2-3-5-15(13)19(16)25/h2-10,25H,11H2,1H3,(H,22,24)(H,23,26). The number of halogens is 1. The van der Waals surface area contributed by atoms with Crippen LogP contribution in [0.15, 0.2) is 54.6 Å². The lowest BCUT2D eigenvalue weighted by atomic mass is 10.1. The van der Waals surface area contributed by atoms with Gasteiger partial charge in [-0.3, -0.25) is 20.4 Å². The average molecular weight is 385 g/mol. The summed E-state index contributed by atoms with van der Waals surface area (Å²) in [7, 11) is 0. The van der Waals surface area contributed by atoms with Crippen LogP contribution in [-0.2, 0) is 4.79 Å². The van der Waals surface area contributed by atoms with Gasteiger partial charge in [-0.15, -0.1) is 0 Å². The SMILES string of the molecule is Cc1cc(Cl)ccc1OCC(=O)NNC(=O)c1ccc2ccccc2c1O. The van der Waals surface area contributed by atoms with Crippen molar-refractivity contribution >= 4 is 34.2 Å².